The quantitative estimate of drug-likeness (QED) is 0.627. The Morgan fingerprint density at radius 1 is 1.40 bits per heavy atom. The third-order valence-electron chi connectivity index (χ3n) is 4.78. The van der Waals surface area contributed by atoms with Crippen LogP contribution in [0.3, 0.4) is 0 Å². The summed E-state index contributed by atoms with van der Waals surface area (Å²) in [7, 11) is -2.38. The number of hydrogen-bond donors (Lipinski definition) is 0. The molecule has 30 heavy (non-hydrogen) atoms. The highest BCUT2D eigenvalue weighted by Gasteiger charge is 2.38. The molecule has 162 valence electrons. The Morgan fingerprint density at radius 3 is 2.57 bits per heavy atom. The molecule has 1 heterocycles. The molecule has 1 aromatic heterocycles. The maximum atomic E-state index is 14.4. The minimum atomic E-state index is -3.51. The summed E-state index contributed by atoms with van der Waals surface area (Å²) in [5.74, 6) is -2.07. The Hall–Kier alpha value is -2.33. The van der Waals surface area contributed by atoms with Gasteiger partial charge in [-0.25, -0.2) is 21.9 Å². The van der Waals surface area contributed by atoms with Crippen LogP contribution < -0.4 is 0 Å². The van der Waals surface area contributed by atoms with Crippen LogP contribution in [0.5, 0.6) is 0 Å². The fourth-order valence-electron chi connectivity index (χ4n) is 3.07. The Labute approximate surface area is 176 Å². The van der Waals surface area contributed by atoms with Gasteiger partial charge in [-0.3, -0.25) is 4.79 Å². The van der Waals surface area contributed by atoms with Gasteiger partial charge in [-0.15, -0.1) is 0 Å². The number of hydrogen-bond acceptors (Lipinski definition) is 4. The van der Waals surface area contributed by atoms with E-state index >= 15 is 0 Å². The second-order valence-corrected chi connectivity index (χ2v) is 9.58. The van der Waals surface area contributed by atoms with Crippen LogP contribution in [0.1, 0.15) is 40.9 Å². The van der Waals surface area contributed by atoms with E-state index in [1.165, 1.54) is 23.1 Å². The second-order valence-electron chi connectivity index (χ2n) is 7.16. The van der Waals surface area contributed by atoms with Crippen molar-refractivity contribution < 1.29 is 26.4 Å². The molecule has 1 aliphatic carbocycles. The van der Waals surface area contributed by atoms with Gasteiger partial charge in [-0.05, 0) is 42.2 Å². The lowest BCUT2D eigenvalue weighted by molar-refractivity contribution is 0.0747. The van der Waals surface area contributed by atoms with Gasteiger partial charge in [0.2, 0.25) is 5.95 Å². The van der Waals surface area contributed by atoms with Crippen LogP contribution in [0.4, 0.5) is 13.2 Å². The molecular formula is C19H19ClF3N3O3S. The number of nitrogens with zero attached hydrogens (tertiary/aromatic N) is 3. The highest BCUT2D eigenvalue weighted by molar-refractivity contribution is 7.90. The molecule has 1 aliphatic rings. The predicted molar refractivity (Wildman–Crippen MR) is 106 cm³/mol. The maximum absolute atomic E-state index is 14.4. The molecule has 0 unspecified atom stereocenters. The molecule has 1 amide bonds. The number of rotatable bonds is 7. The van der Waals surface area contributed by atoms with E-state index < -0.39 is 39.4 Å². The van der Waals surface area contributed by atoms with Crippen molar-refractivity contribution in [3.8, 4) is 0 Å². The third-order valence-corrected chi connectivity index (χ3v) is 6.22. The Bertz CT molecular complexity index is 1130. The van der Waals surface area contributed by atoms with Crippen LogP contribution >= 0.6 is 11.6 Å². The average Bonchev–Trinajstić information content (AvgIpc) is 3.44. The van der Waals surface area contributed by atoms with Crippen molar-refractivity contribution >= 4 is 32.9 Å². The minimum absolute atomic E-state index is 0.0191. The molecular weight excluding hydrogens is 443 g/mol. The van der Waals surface area contributed by atoms with Crippen LogP contribution in [0.2, 0.25) is 5.02 Å². The molecule has 1 fully saturated rings. The van der Waals surface area contributed by atoms with Crippen molar-refractivity contribution in [1.82, 2.24) is 14.7 Å². The van der Waals surface area contributed by atoms with Gasteiger partial charge < -0.3 is 4.90 Å². The van der Waals surface area contributed by atoms with Gasteiger partial charge >= 0.3 is 0 Å². The highest BCUT2D eigenvalue weighted by atomic mass is 35.5. The van der Waals surface area contributed by atoms with Gasteiger partial charge in [0.05, 0.1) is 4.90 Å². The maximum Gasteiger partial charge on any atom is 0.283 e. The smallest absolute Gasteiger partial charge is 0.283 e. The van der Waals surface area contributed by atoms with Crippen LogP contribution in [-0.4, -0.2) is 47.8 Å². The summed E-state index contributed by atoms with van der Waals surface area (Å²) >= 11 is 6.18. The Balaban J connectivity index is 1.95. The normalized spacial score (nSPS) is 14.2. The summed E-state index contributed by atoms with van der Waals surface area (Å²) in [6, 6.07) is 3.82. The first-order valence-electron chi connectivity index (χ1n) is 8.91. The van der Waals surface area contributed by atoms with E-state index in [1.54, 1.807) is 0 Å². The van der Waals surface area contributed by atoms with E-state index in [4.69, 9.17) is 11.6 Å². The first kappa shape index (κ1) is 22.4. The summed E-state index contributed by atoms with van der Waals surface area (Å²) in [4.78, 5) is 14.3. The largest absolute Gasteiger partial charge is 0.331 e. The lowest BCUT2D eigenvalue weighted by atomic mass is 10.1. The number of aromatic nitrogens is 2. The van der Waals surface area contributed by atoms with E-state index in [2.05, 4.69) is 11.7 Å². The summed E-state index contributed by atoms with van der Waals surface area (Å²) in [6.45, 7) is 3.75. The zero-order chi connectivity index (χ0) is 22.4. The summed E-state index contributed by atoms with van der Waals surface area (Å²) in [5.41, 5.74) is -1.09. The number of amides is 1. The van der Waals surface area contributed by atoms with Crippen LogP contribution in [-0.2, 0) is 16.9 Å². The Kier molecular flexibility index (Phi) is 6.01. The zero-order valence-corrected chi connectivity index (χ0v) is 17.8. The Morgan fingerprint density at radius 2 is 2.03 bits per heavy atom. The highest BCUT2D eigenvalue weighted by Crippen LogP contribution is 2.34. The standard InChI is InChI=1S/C19H19ClF3N3O3S/c1-10(13-8-12(30(3,28)29)6-7-14(13)20)9-26(11-4-5-11)19(27)15-16(17(21)22)24-25(2)18(15)23/h6-8,11,17H,1,4-5,9H2,2-3H3. The number of sulfone groups is 1. The predicted octanol–water partition coefficient (Wildman–Crippen LogP) is 3.87. The van der Waals surface area contributed by atoms with Gasteiger partial charge in [0.1, 0.15) is 11.3 Å². The van der Waals surface area contributed by atoms with E-state index in [1.807, 2.05) is 0 Å². The number of benzene rings is 1. The zero-order valence-electron chi connectivity index (χ0n) is 16.2. The van der Waals surface area contributed by atoms with Crippen molar-refractivity contribution in [2.24, 2.45) is 7.05 Å². The lowest BCUT2D eigenvalue weighted by Gasteiger charge is -2.24. The molecule has 0 N–H and O–H groups in total. The molecule has 0 saturated heterocycles. The summed E-state index contributed by atoms with van der Waals surface area (Å²) in [6.07, 6.45) is -0.825. The fourth-order valence-corrected chi connectivity index (χ4v) is 3.97. The number of alkyl halides is 2. The van der Waals surface area contributed by atoms with Gasteiger partial charge in [0.15, 0.2) is 9.84 Å². The molecule has 3 rings (SSSR count). The monoisotopic (exact) mass is 461 g/mol. The van der Waals surface area contributed by atoms with Crippen LogP contribution in [0, 0.1) is 5.95 Å². The first-order chi connectivity index (χ1) is 13.9. The topological polar surface area (TPSA) is 72.3 Å². The number of aryl methyl sites for hydroxylation is 1. The van der Waals surface area contributed by atoms with Crippen LogP contribution in [0.15, 0.2) is 29.7 Å². The third kappa shape index (κ3) is 4.39. The summed E-state index contributed by atoms with van der Waals surface area (Å²) in [5, 5.41) is 3.64. The number of carbonyl (C=O) groups excluding carboxylic acids is 1. The van der Waals surface area contributed by atoms with Gasteiger partial charge in [-0.2, -0.15) is 9.49 Å². The molecule has 0 radical (unpaired) electrons. The van der Waals surface area contributed by atoms with E-state index in [9.17, 15) is 26.4 Å². The van der Waals surface area contributed by atoms with Gasteiger partial charge in [-0.1, -0.05) is 18.2 Å². The lowest BCUT2D eigenvalue weighted by Crippen LogP contribution is -2.35. The molecule has 11 heteroatoms. The van der Waals surface area contributed by atoms with Crippen molar-refractivity contribution in [3.05, 3.63) is 52.6 Å². The van der Waals surface area contributed by atoms with Gasteiger partial charge in [0, 0.05) is 30.9 Å². The van der Waals surface area contributed by atoms with Crippen molar-refractivity contribution in [2.45, 2.75) is 30.2 Å². The molecule has 2 aromatic rings. The first-order valence-corrected chi connectivity index (χ1v) is 11.2. The van der Waals surface area contributed by atoms with Crippen molar-refractivity contribution in [1.29, 1.82) is 0 Å². The van der Waals surface area contributed by atoms with Crippen molar-refractivity contribution in [3.63, 3.8) is 0 Å². The molecule has 1 saturated carbocycles. The molecule has 6 nitrogen and oxygen atoms in total. The molecule has 0 atom stereocenters. The molecule has 1 aromatic carbocycles. The summed E-state index contributed by atoms with van der Waals surface area (Å²) < 4.78 is 65.2. The van der Waals surface area contributed by atoms with E-state index in [0.717, 1.165) is 13.3 Å². The van der Waals surface area contributed by atoms with Crippen molar-refractivity contribution in [2.75, 3.05) is 12.8 Å². The minimum Gasteiger partial charge on any atom is -0.331 e. The van der Waals surface area contributed by atoms with E-state index in [0.29, 0.717) is 28.7 Å². The molecule has 0 spiro atoms. The van der Waals surface area contributed by atoms with Crippen LogP contribution in [0.25, 0.3) is 5.57 Å². The SMILES string of the molecule is C=C(CN(C(=O)c1c(C(F)F)nn(C)c1F)C1CC1)c1cc(S(C)(=O)=O)ccc1Cl. The number of halogens is 4. The van der Waals surface area contributed by atoms with Gasteiger partial charge in [0.25, 0.3) is 12.3 Å². The average molecular weight is 462 g/mol. The van der Waals surface area contributed by atoms with E-state index in [-0.39, 0.29) is 22.5 Å². The molecule has 0 bridgehead atoms. The fraction of sp³-hybridized carbons (Fsp3) is 0.368. The second kappa shape index (κ2) is 8.07. The number of carbonyl (C=O) groups is 1. The molecule has 0 aliphatic heterocycles.